The Labute approximate surface area is 247 Å². The number of carbonyl (C=O) groups excluding carboxylic acids is 1. The number of fused-ring (bicyclic) bond motifs is 1. The van der Waals surface area contributed by atoms with Crippen molar-refractivity contribution in [2.24, 2.45) is 0 Å². The summed E-state index contributed by atoms with van der Waals surface area (Å²) in [5, 5.41) is 10.7. The van der Waals surface area contributed by atoms with Crippen LogP contribution in [-0.2, 0) is 4.79 Å². The van der Waals surface area contributed by atoms with Gasteiger partial charge < -0.3 is 14.9 Å². The third-order valence-corrected chi connectivity index (χ3v) is 7.94. The van der Waals surface area contributed by atoms with E-state index in [1.807, 2.05) is 39.5 Å². The van der Waals surface area contributed by atoms with Gasteiger partial charge in [0.25, 0.3) is 0 Å². The maximum absolute atomic E-state index is 15.0. The van der Waals surface area contributed by atoms with Gasteiger partial charge in [-0.25, -0.2) is 18.7 Å². The van der Waals surface area contributed by atoms with Gasteiger partial charge >= 0.3 is 5.69 Å². The van der Waals surface area contributed by atoms with Gasteiger partial charge in [0.15, 0.2) is 5.65 Å². The van der Waals surface area contributed by atoms with E-state index in [-0.39, 0.29) is 51.6 Å². The molecule has 4 aromatic rings. The number of aromatic hydroxyl groups is 1. The first-order valence-corrected chi connectivity index (χ1v) is 14.1. The summed E-state index contributed by atoms with van der Waals surface area (Å²) in [5.74, 6) is -0.625. The van der Waals surface area contributed by atoms with Crippen molar-refractivity contribution < 1.29 is 14.3 Å². The number of aromatic nitrogens is 4. The third kappa shape index (κ3) is 5.00. The van der Waals surface area contributed by atoms with Gasteiger partial charge in [-0.1, -0.05) is 32.0 Å². The molecule has 1 aliphatic rings. The fraction of sp³-hybridized carbons (Fsp3) is 0.323. The smallest absolute Gasteiger partial charge is 0.355 e. The molecule has 0 spiro atoms. The van der Waals surface area contributed by atoms with Crippen molar-refractivity contribution in [2.75, 3.05) is 18.0 Å². The minimum absolute atomic E-state index is 0.00945. The van der Waals surface area contributed by atoms with Gasteiger partial charge in [-0.15, -0.1) is 0 Å². The average Bonchev–Trinajstić information content (AvgIpc) is 2.95. The molecule has 9 nitrogen and oxygen atoms in total. The van der Waals surface area contributed by atoms with Crippen LogP contribution in [0, 0.1) is 12.7 Å². The molecule has 1 aliphatic heterocycles. The molecule has 0 unspecified atom stereocenters. The quantitative estimate of drug-likeness (QED) is 0.311. The Bertz CT molecular complexity index is 1790. The van der Waals surface area contributed by atoms with Crippen LogP contribution in [0.4, 0.5) is 10.2 Å². The highest BCUT2D eigenvalue weighted by atomic mass is 35.5. The summed E-state index contributed by atoms with van der Waals surface area (Å²) in [6.45, 7) is 14.1. The van der Waals surface area contributed by atoms with E-state index < -0.39 is 11.5 Å². The number of phenols is 1. The molecular weight excluding hydrogens is 559 g/mol. The van der Waals surface area contributed by atoms with Gasteiger partial charge in [0, 0.05) is 36.9 Å². The summed E-state index contributed by atoms with van der Waals surface area (Å²) in [6.07, 6.45) is 2.98. The van der Waals surface area contributed by atoms with Crippen molar-refractivity contribution in [3.63, 3.8) is 0 Å². The Hall–Kier alpha value is -4.31. The molecule has 1 N–H and O–H groups in total. The Morgan fingerprint density at radius 1 is 1.17 bits per heavy atom. The zero-order valence-electron chi connectivity index (χ0n) is 24.1. The molecule has 42 heavy (non-hydrogen) atoms. The van der Waals surface area contributed by atoms with E-state index in [4.69, 9.17) is 16.6 Å². The van der Waals surface area contributed by atoms with Crippen LogP contribution in [0.25, 0.3) is 28.0 Å². The second-order valence-corrected chi connectivity index (χ2v) is 11.4. The Morgan fingerprint density at radius 2 is 1.90 bits per heavy atom. The van der Waals surface area contributed by atoms with E-state index >= 15 is 4.39 Å². The number of hydrogen-bond donors (Lipinski definition) is 1. The summed E-state index contributed by atoms with van der Waals surface area (Å²) in [5.41, 5.74) is 1.69. The van der Waals surface area contributed by atoms with E-state index in [1.165, 1.54) is 22.8 Å². The number of hydrogen-bond acceptors (Lipinski definition) is 7. The molecule has 1 saturated heterocycles. The van der Waals surface area contributed by atoms with Crippen LogP contribution in [0.5, 0.6) is 5.75 Å². The summed E-state index contributed by atoms with van der Waals surface area (Å²) >= 11 is 6.75. The van der Waals surface area contributed by atoms with E-state index in [9.17, 15) is 14.7 Å². The van der Waals surface area contributed by atoms with E-state index in [1.54, 1.807) is 23.2 Å². The van der Waals surface area contributed by atoms with Gasteiger partial charge in [0.05, 0.1) is 27.5 Å². The Kier molecular flexibility index (Phi) is 7.76. The Morgan fingerprint density at radius 3 is 2.60 bits per heavy atom. The monoisotopic (exact) mass is 590 g/mol. The van der Waals surface area contributed by atoms with Crippen LogP contribution in [0.1, 0.15) is 44.9 Å². The molecule has 5 rings (SSSR count). The van der Waals surface area contributed by atoms with Gasteiger partial charge in [0.1, 0.15) is 17.4 Å². The number of amides is 1. The first kappa shape index (κ1) is 29.2. The van der Waals surface area contributed by atoms with E-state index in [0.29, 0.717) is 35.7 Å². The van der Waals surface area contributed by atoms with Crippen LogP contribution in [0.2, 0.25) is 5.02 Å². The second kappa shape index (κ2) is 11.2. The first-order valence-electron chi connectivity index (χ1n) is 13.7. The van der Waals surface area contributed by atoms with E-state index in [2.05, 4.69) is 16.5 Å². The topological polar surface area (TPSA) is 104 Å². The van der Waals surface area contributed by atoms with Crippen LogP contribution in [0.15, 0.2) is 54.0 Å². The van der Waals surface area contributed by atoms with Crippen LogP contribution in [-0.4, -0.2) is 60.6 Å². The van der Waals surface area contributed by atoms with Gasteiger partial charge in [-0.2, -0.15) is 4.98 Å². The van der Waals surface area contributed by atoms with Crippen molar-refractivity contribution in [1.82, 2.24) is 24.4 Å². The molecule has 0 saturated carbocycles. The van der Waals surface area contributed by atoms with Gasteiger partial charge in [-0.3, -0.25) is 9.78 Å². The highest BCUT2D eigenvalue weighted by Crippen LogP contribution is 2.37. The fourth-order valence-electron chi connectivity index (χ4n) is 5.54. The molecule has 218 valence electrons. The van der Waals surface area contributed by atoms with Crippen LogP contribution >= 0.6 is 11.6 Å². The predicted molar refractivity (Wildman–Crippen MR) is 162 cm³/mol. The largest absolute Gasteiger partial charge is 0.508 e. The highest BCUT2D eigenvalue weighted by molar-refractivity contribution is 6.34. The number of benzene rings is 1. The fourth-order valence-corrected chi connectivity index (χ4v) is 5.79. The number of phenolic OH excluding ortho intramolecular Hbond substituents is 1. The van der Waals surface area contributed by atoms with Crippen LogP contribution < -0.4 is 10.6 Å². The maximum atomic E-state index is 15.0. The summed E-state index contributed by atoms with van der Waals surface area (Å²) in [4.78, 5) is 44.1. The number of halogens is 2. The minimum Gasteiger partial charge on any atom is -0.508 e. The van der Waals surface area contributed by atoms with Crippen molar-refractivity contribution in [3.05, 3.63) is 81.8 Å². The lowest BCUT2D eigenvalue weighted by atomic mass is 10.0. The molecule has 1 aromatic carbocycles. The number of carbonyl (C=O) groups is 1. The number of rotatable bonds is 5. The molecule has 11 heteroatoms. The maximum Gasteiger partial charge on any atom is 0.355 e. The van der Waals surface area contributed by atoms with Gasteiger partial charge in [-0.05, 0) is 68.7 Å². The molecule has 1 amide bonds. The zero-order chi connectivity index (χ0) is 30.5. The highest BCUT2D eigenvalue weighted by Gasteiger charge is 2.34. The predicted octanol–water partition coefficient (Wildman–Crippen LogP) is 5.38. The minimum atomic E-state index is -0.629. The summed E-state index contributed by atoms with van der Waals surface area (Å²) < 4.78 is 16.4. The lowest BCUT2D eigenvalue weighted by Crippen LogP contribution is -2.58. The molecule has 3 aromatic heterocycles. The SMILES string of the molecule is C=CC(=O)N1C[C@H](C)N(c2nc(=O)n(-c3c(C)ccnc3C(C)C)c3nc(-c4cc(O)ccc4F)c(Cl)cc23)C[C@H]1C. The summed E-state index contributed by atoms with van der Waals surface area (Å²) in [6, 6.07) is 6.65. The molecule has 0 radical (unpaired) electrons. The average molecular weight is 591 g/mol. The van der Waals surface area contributed by atoms with E-state index in [0.717, 1.165) is 11.6 Å². The molecule has 0 bridgehead atoms. The molecule has 1 fully saturated rings. The number of nitrogens with zero attached hydrogens (tertiary/aromatic N) is 6. The van der Waals surface area contributed by atoms with Crippen molar-refractivity contribution in [1.29, 1.82) is 0 Å². The first-order chi connectivity index (χ1) is 19.9. The lowest BCUT2D eigenvalue weighted by Gasteiger charge is -2.44. The molecule has 0 aliphatic carbocycles. The third-order valence-electron chi connectivity index (χ3n) is 7.65. The standard InChI is InChI=1S/C31H32ClFN6O3/c1-7-25(41)37-14-19(6)38(15-18(37)5)29-22-13-23(32)27(21-12-20(40)8-9-24(21)33)35-30(22)39(31(42)36-29)28-17(4)10-11-34-26(28)16(2)3/h7-13,16,18-19,40H,1,14-15H2,2-6H3/t18-,19+/m1/s1. The Balaban J connectivity index is 1.84. The molecule has 4 heterocycles. The van der Waals surface area contributed by atoms with Crippen molar-refractivity contribution in [3.8, 4) is 22.7 Å². The second-order valence-electron chi connectivity index (χ2n) is 11.0. The normalized spacial score (nSPS) is 17.2. The lowest BCUT2D eigenvalue weighted by molar-refractivity contribution is -0.128. The summed E-state index contributed by atoms with van der Waals surface area (Å²) in [7, 11) is 0. The van der Waals surface area contributed by atoms with Gasteiger partial charge in [0.2, 0.25) is 5.91 Å². The number of piperazine rings is 1. The molecule has 2 atom stereocenters. The number of pyridine rings is 2. The number of anilines is 1. The van der Waals surface area contributed by atoms with Crippen LogP contribution in [0.3, 0.4) is 0 Å². The van der Waals surface area contributed by atoms with Crippen molar-refractivity contribution >= 4 is 34.4 Å². The zero-order valence-corrected chi connectivity index (χ0v) is 24.9. The molecular formula is C31H32ClFN6O3. The number of aryl methyl sites for hydroxylation is 1. The van der Waals surface area contributed by atoms with Crippen molar-refractivity contribution in [2.45, 2.75) is 52.6 Å².